The third kappa shape index (κ3) is 2.96. The summed E-state index contributed by atoms with van der Waals surface area (Å²) in [5.74, 6) is 0.354. The Labute approximate surface area is 86.0 Å². The maximum atomic E-state index is 11.8. The highest BCUT2D eigenvalue weighted by Crippen LogP contribution is 2.08. The smallest absolute Gasteiger partial charge is 0.225 e. The second-order valence-corrected chi connectivity index (χ2v) is 4.11. The third-order valence-corrected chi connectivity index (χ3v) is 2.84. The number of piperazine rings is 1. The standard InChI is InChI=1S/C10H21N3O/c1-9(3-4-11)10(14)13-7-5-12(2)6-8-13/h9H,3-8,11H2,1-2H3. The van der Waals surface area contributed by atoms with Crippen LogP contribution in [-0.4, -0.2) is 55.5 Å². The van der Waals surface area contributed by atoms with Gasteiger partial charge in [-0.1, -0.05) is 6.92 Å². The summed E-state index contributed by atoms with van der Waals surface area (Å²) in [5.41, 5.74) is 5.44. The zero-order chi connectivity index (χ0) is 10.6. The van der Waals surface area contributed by atoms with E-state index in [9.17, 15) is 4.79 Å². The average molecular weight is 199 g/mol. The van der Waals surface area contributed by atoms with Crippen molar-refractivity contribution in [2.45, 2.75) is 13.3 Å². The van der Waals surface area contributed by atoms with Gasteiger partial charge in [0, 0.05) is 32.1 Å². The van der Waals surface area contributed by atoms with E-state index in [1.165, 1.54) is 0 Å². The number of nitrogens with zero attached hydrogens (tertiary/aromatic N) is 2. The molecule has 0 bridgehead atoms. The van der Waals surface area contributed by atoms with E-state index in [-0.39, 0.29) is 11.8 Å². The van der Waals surface area contributed by atoms with Gasteiger partial charge in [-0.25, -0.2) is 0 Å². The molecule has 0 aromatic rings. The highest BCUT2D eigenvalue weighted by molar-refractivity contribution is 5.78. The van der Waals surface area contributed by atoms with Gasteiger partial charge in [0.25, 0.3) is 0 Å². The molecule has 0 aromatic heterocycles. The van der Waals surface area contributed by atoms with Crippen LogP contribution in [0.2, 0.25) is 0 Å². The molecule has 1 heterocycles. The molecule has 1 fully saturated rings. The van der Waals surface area contributed by atoms with Crippen LogP contribution in [0.1, 0.15) is 13.3 Å². The fraction of sp³-hybridized carbons (Fsp3) is 0.900. The predicted octanol–water partition coefficient (Wildman–Crippen LogP) is -0.255. The molecule has 2 N–H and O–H groups in total. The van der Waals surface area contributed by atoms with Gasteiger partial charge in [0.2, 0.25) is 5.91 Å². The molecule has 1 unspecified atom stereocenters. The Morgan fingerprint density at radius 3 is 2.43 bits per heavy atom. The van der Waals surface area contributed by atoms with E-state index in [4.69, 9.17) is 5.73 Å². The van der Waals surface area contributed by atoms with Gasteiger partial charge in [-0.05, 0) is 20.0 Å². The number of nitrogens with two attached hydrogens (primary N) is 1. The van der Waals surface area contributed by atoms with Crippen molar-refractivity contribution < 1.29 is 4.79 Å². The van der Waals surface area contributed by atoms with E-state index in [0.29, 0.717) is 6.54 Å². The van der Waals surface area contributed by atoms with E-state index in [1.807, 2.05) is 11.8 Å². The van der Waals surface area contributed by atoms with Crippen LogP contribution in [0.4, 0.5) is 0 Å². The van der Waals surface area contributed by atoms with Crippen LogP contribution in [0, 0.1) is 5.92 Å². The van der Waals surface area contributed by atoms with Crippen LogP contribution in [0.25, 0.3) is 0 Å². The largest absolute Gasteiger partial charge is 0.340 e. The van der Waals surface area contributed by atoms with Gasteiger partial charge < -0.3 is 15.5 Å². The number of rotatable bonds is 3. The minimum Gasteiger partial charge on any atom is -0.340 e. The Morgan fingerprint density at radius 1 is 1.36 bits per heavy atom. The Balaban J connectivity index is 2.37. The second-order valence-electron chi connectivity index (χ2n) is 4.11. The number of amides is 1. The summed E-state index contributed by atoms with van der Waals surface area (Å²) in [6, 6.07) is 0. The van der Waals surface area contributed by atoms with Gasteiger partial charge in [0.15, 0.2) is 0 Å². The zero-order valence-electron chi connectivity index (χ0n) is 9.20. The fourth-order valence-electron chi connectivity index (χ4n) is 1.71. The molecule has 1 aliphatic heterocycles. The topological polar surface area (TPSA) is 49.6 Å². The van der Waals surface area contributed by atoms with Crippen molar-refractivity contribution in [3.8, 4) is 0 Å². The Bertz CT molecular complexity index is 188. The second kappa shape index (κ2) is 5.32. The number of likely N-dealkylation sites (N-methyl/N-ethyl adjacent to an activating group) is 1. The van der Waals surface area contributed by atoms with E-state index in [0.717, 1.165) is 32.6 Å². The molecule has 1 rings (SSSR count). The number of carbonyl (C=O) groups is 1. The minimum atomic E-state index is 0.0865. The lowest BCUT2D eigenvalue weighted by Gasteiger charge is -2.33. The predicted molar refractivity (Wildman–Crippen MR) is 56.9 cm³/mol. The summed E-state index contributed by atoms with van der Waals surface area (Å²) < 4.78 is 0. The Kier molecular flexibility index (Phi) is 4.35. The molecule has 1 aliphatic rings. The normalized spacial score (nSPS) is 20.9. The van der Waals surface area contributed by atoms with E-state index in [2.05, 4.69) is 11.9 Å². The summed E-state index contributed by atoms with van der Waals surface area (Å²) >= 11 is 0. The fourth-order valence-corrected chi connectivity index (χ4v) is 1.71. The van der Waals surface area contributed by atoms with Crippen molar-refractivity contribution in [1.29, 1.82) is 0 Å². The summed E-state index contributed by atoms with van der Waals surface area (Å²) in [5, 5.41) is 0. The lowest BCUT2D eigenvalue weighted by Crippen LogP contribution is -2.48. The Morgan fingerprint density at radius 2 is 1.93 bits per heavy atom. The summed E-state index contributed by atoms with van der Waals surface area (Å²) in [6.07, 6.45) is 0.797. The number of hydrogen-bond acceptors (Lipinski definition) is 3. The summed E-state index contributed by atoms with van der Waals surface area (Å²) in [7, 11) is 2.09. The van der Waals surface area contributed by atoms with Crippen LogP contribution in [0.5, 0.6) is 0 Å². The van der Waals surface area contributed by atoms with E-state index >= 15 is 0 Å². The summed E-state index contributed by atoms with van der Waals surface area (Å²) in [4.78, 5) is 16.1. The average Bonchev–Trinajstić information content (AvgIpc) is 2.18. The molecule has 4 heteroatoms. The van der Waals surface area contributed by atoms with E-state index in [1.54, 1.807) is 0 Å². The molecular weight excluding hydrogens is 178 g/mol. The molecule has 4 nitrogen and oxygen atoms in total. The maximum absolute atomic E-state index is 11.8. The first-order valence-electron chi connectivity index (χ1n) is 5.32. The first-order chi connectivity index (χ1) is 6.65. The minimum absolute atomic E-state index is 0.0865. The molecule has 82 valence electrons. The van der Waals surface area contributed by atoms with Crippen molar-refractivity contribution in [2.24, 2.45) is 11.7 Å². The van der Waals surface area contributed by atoms with Gasteiger partial charge in [-0.3, -0.25) is 4.79 Å². The molecule has 0 aromatic carbocycles. The molecule has 0 radical (unpaired) electrons. The van der Waals surface area contributed by atoms with Gasteiger partial charge in [0.1, 0.15) is 0 Å². The molecule has 0 saturated carbocycles. The van der Waals surface area contributed by atoms with Gasteiger partial charge in [-0.15, -0.1) is 0 Å². The monoisotopic (exact) mass is 199 g/mol. The number of carbonyl (C=O) groups excluding carboxylic acids is 1. The van der Waals surface area contributed by atoms with Crippen molar-refractivity contribution in [1.82, 2.24) is 9.80 Å². The van der Waals surface area contributed by atoms with Crippen molar-refractivity contribution >= 4 is 5.91 Å². The molecule has 14 heavy (non-hydrogen) atoms. The number of hydrogen-bond donors (Lipinski definition) is 1. The third-order valence-electron chi connectivity index (χ3n) is 2.84. The lowest BCUT2D eigenvalue weighted by molar-refractivity contribution is -0.136. The molecular formula is C10H21N3O. The summed E-state index contributed by atoms with van der Waals surface area (Å²) in [6.45, 7) is 6.27. The van der Waals surface area contributed by atoms with Crippen LogP contribution in [-0.2, 0) is 4.79 Å². The maximum Gasteiger partial charge on any atom is 0.225 e. The molecule has 0 aliphatic carbocycles. The van der Waals surface area contributed by atoms with Crippen LogP contribution < -0.4 is 5.73 Å². The highest BCUT2D eigenvalue weighted by atomic mass is 16.2. The van der Waals surface area contributed by atoms with Crippen LogP contribution >= 0.6 is 0 Å². The van der Waals surface area contributed by atoms with Crippen LogP contribution in [0.15, 0.2) is 0 Å². The first kappa shape index (κ1) is 11.5. The zero-order valence-corrected chi connectivity index (χ0v) is 9.20. The molecule has 1 atom stereocenters. The van der Waals surface area contributed by atoms with Crippen LogP contribution in [0.3, 0.4) is 0 Å². The van der Waals surface area contributed by atoms with Gasteiger partial charge >= 0.3 is 0 Å². The molecule has 0 spiro atoms. The molecule has 1 amide bonds. The van der Waals surface area contributed by atoms with Crippen molar-refractivity contribution in [3.05, 3.63) is 0 Å². The highest BCUT2D eigenvalue weighted by Gasteiger charge is 2.22. The SMILES string of the molecule is CC(CCN)C(=O)N1CCN(C)CC1. The van der Waals surface area contributed by atoms with Gasteiger partial charge in [-0.2, -0.15) is 0 Å². The quantitative estimate of drug-likeness (QED) is 0.681. The van der Waals surface area contributed by atoms with Gasteiger partial charge in [0.05, 0.1) is 0 Å². The van der Waals surface area contributed by atoms with E-state index < -0.39 is 0 Å². The van der Waals surface area contributed by atoms with Crippen molar-refractivity contribution in [3.63, 3.8) is 0 Å². The lowest BCUT2D eigenvalue weighted by atomic mass is 10.1. The van der Waals surface area contributed by atoms with Crippen molar-refractivity contribution in [2.75, 3.05) is 39.8 Å². The Hall–Kier alpha value is -0.610. The first-order valence-corrected chi connectivity index (χ1v) is 5.32. The molecule has 1 saturated heterocycles.